The summed E-state index contributed by atoms with van der Waals surface area (Å²) in [5, 5.41) is 3.36. The molecule has 0 bridgehead atoms. The second kappa shape index (κ2) is 8.65. The van der Waals surface area contributed by atoms with Crippen molar-refractivity contribution in [1.82, 2.24) is 9.97 Å². The van der Waals surface area contributed by atoms with E-state index in [1.807, 2.05) is 18.2 Å². The molecule has 0 radical (unpaired) electrons. The molecule has 134 valence electrons. The monoisotopic (exact) mass is 343 g/mol. The molecule has 0 aliphatic carbocycles. The van der Waals surface area contributed by atoms with Gasteiger partial charge < -0.3 is 15.1 Å². The van der Waals surface area contributed by atoms with Crippen molar-refractivity contribution in [1.29, 1.82) is 0 Å². The number of para-hydroxylation sites is 1. The van der Waals surface area contributed by atoms with Crippen molar-refractivity contribution in [3.8, 4) is 0 Å². The van der Waals surface area contributed by atoms with E-state index in [1.165, 1.54) is 18.9 Å². The van der Waals surface area contributed by atoms with Gasteiger partial charge in [0.1, 0.15) is 23.8 Å². The van der Waals surface area contributed by atoms with Crippen LogP contribution in [0.4, 0.5) is 21.7 Å². The Morgan fingerprint density at radius 3 is 2.56 bits per heavy atom. The molecule has 0 amide bonds. The van der Waals surface area contributed by atoms with E-state index < -0.39 is 0 Å². The van der Waals surface area contributed by atoms with E-state index in [4.69, 9.17) is 0 Å². The first-order valence-electron chi connectivity index (χ1n) is 9.08. The van der Waals surface area contributed by atoms with Crippen LogP contribution in [0.25, 0.3) is 0 Å². The standard InChI is InChI=1S/C19H26FN5/c1-2-3-6-9-21-18-14-19(23-15-22-18)25-12-10-24(11-13-25)17-8-5-4-7-16(17)20/h4-5,7-8,14-15H,2-3,6,9-13H2,1H3,(H,21,22,23). The minimum atomic E-state index is -0.156. The summed E-state index contributed by atoms with van der Waals surface area (Å²) in [5.41, 5.74) is 0.683. The molecule has 2 aromatic rings. The minimum Gasteiger partial charge on any atom is -0.370 e. The Hall–Kier alpha value is -2.37. The van der Waals surface area contributed by atoms with Crippen LogP contribution in [0.2, 0.25) is 0 Å². The van der Waals surface area contributed by atoms with Gasteiger partial charge in [-0.05, 0) is 18.6 Å². The van der Waals surface area contributed by atoms with Crippen LogP contribution in [0.5, 0.6) is 0 Å². The molecule has 1 saturated heterocycles. The summed E-state index contributed by atoms with van der Waals surface area (Å²) in [4.78, 5) is 13.0. The van der Waals surface area contributed by atoms with E-state index in [-0.39, 0.29) is 5.82 Å². The predicted molar refractivity (Wildman–Crippen MR) is 101 cm³/mol. The van der Waals surface area contributed by atoms with Crippen LogP contribution in [0, 0.1) is 5.82 Å². The first-order chi connectivity index (χ1) is 12.3. The molecule has 5 nitrogen and oxygen atoms in total. The van der Waals surface area contributed by atoms with Crippen LogP contribution in [0.3, 0.4) is 0 Å². The third-order valence-electron chi connectivity index (χ3n) is 4.54. The van der Waals surface area contributed by atoms with E-state index >= 15 is 0 Å². The highest BCUT2D eigenvalue weighted by Gasteiger charge is 2.20. The number of hydrogen-bond donors (Lipinski definition) is 1. The van der Waals surface area contributed by atoms with Crippen molar-refractivity contribution < 1.29 is 4.39 Å². The average molecular weight is 343 g/mol. The summed E-state index contributed by atoms with van der Waals surface area (Å²) in [6.45, 7) is 6.34. The van der Waals surface area contributed by atoms with Gasteiger partial charge in [-0.15, -0.1) is 0 Å². The Bertz CT molecular complexity index is 670. The maximum absolute atomic E-state index is 13.9. The van der Waals surface area contributed by atoms with Crippen LogP contribution in [0.15, 0.2) is 36.7 Å². The maximum Gasteiger partial charge on any atom is 0.146 e. The molecule has 1 aromatic carbocycles. The Morgan fingerprint density at radius 2 is 1.80 bits per heavy atom. The van der Waals surface area contributed by atoms with Gasteiger partial charge in [-0.1, -0.05) is 31.9 Å². The van der Waals surface area contributed by atoms with Crippen LogP contribution in [-0.2, 0) is 0 Å². The lowest BCUT2D eigenvalue weighted by atomic mass is 10.2. The number of benzene rings is 1. The van der Waals surface area contributed by atoms with Crippen molar-refractivity contribution in [3.63, 3.8) is 0 Å². The third kappa shape index (κ3) is 4.59. The van der Waals surface area contributed by atoms with Crippen LogP contribution in [-0.4, -0.2) is 42.7 Å². The highest BCUT2D eigenvalue weighted by molar-refractivity contribution is 5.52. The zero-order valence-electron chi connectivity index (χ0n) is 14.8. The quantitative estimate of drug-likeness (QED) is 0.779. The van der Waals surface area contributed by atoms with E-state index in [1.54, 1.807) is 12.4 Å². The molecule has 1 aliphatic rings. The van der Waals surface area contributed by atoms with Crippen molar-refractivity contribution in [2.75, 3.05) is 47.8 Å². The van der Waals surface area contributed by atoms with Gasteiger partial charge in [-0.25, -0.2) is 14.4 Å². The van der Waals surface area contributed by atoms with Gasteiger partial charge in [0.15, 0.2) is 0 Å². The van der Waals surface area contributed by atoms with Gasteiger partial charge in [-0.3, -0.25) is 0 Å². The van der Waals surface area contributed by atoms with Crippen LogP contribution < -0.4 is 15.1 Å². The topological polar surface area (TPSA) is 44.3 Å². The predicted octanol–water partition coefficient (Wildman–Crippen LogP) is 3.54. The molecule has 6 heteroatoms. The highest BCUT2D eigenvalue weighted by Crippen LogP contribution is 2.22. The molecule has 2 heterocycles. The smallest absolute Gasteiger partial charge is 0.146 e. The summed E-state index contributed by atoms with van der Waals surface area (Å²) in [6, 6.07) is 8.97. The first kappa shape index (κ1) is 17.5. The molecule has 0 saturated carbocycles. The first-order valence-corrected chi connectivity index (χ1v) is 9.08. The van der Waals surface area contributed by atoms with E-state index in [2.05, 4.69) is 32.0 Å². The SMILES string of the molecule is CCCCCNc1cc(N2CCN(c3ccccc3F)CC2)ncn1. The van der Waals surface area contributed by atoms with Crippen LogP contribution in [0.1, 0.15) is 26.2 Å². The summed E-state index contributed by atoms with van der Waals surface area (Å²) in [6.07, 6.45) is 5.20. The molecule has 25 heavy (non-hydrogen) atoms. The van der Waals surface area contributed by atoms with Crippen molar-refractivity contribution in [2.24, 2.45) is 0 Å². The zero-order valence-corrected chi connectivity index (χ0v) is 14.8. The average Bonchev–Trinajstić information content (AvgIpc) is 2.66. The van der Waals surface area contributed by atoms with E-state index in [9.17, 15) is 4.39 Å². The lowest BCUT2D eigenvalue weighted by Crippen LogP contribution is -2.47. The van der Waals surface area contributed by atoms with Crippen LogP contribution >= 0.6 is 0 Å². The molecule has 1 aromatic heterocycles. The normalized spacial score (nSPS) is 14.6. The van der Waals surface area contributed by atoms with Gasteiger partial charge in [0, 0.05) is 38.8 Å². The minimum absolute atomic E-state index is 0.156. The van der Waals surface area contributed by atoms with Crippen molar-refractivity contribution in [3.05, 3.63) is 42.5 Å². The van der Waals surface area contributed by atoms with E-state index in [0.717, 1.165) is 50.8 Å². The van der Waals surface area contributed by atoms with Crippen molar-refractivity contribution >= 4 is 17.3 Å². The van der Waals surface area contributed by atoms with Gasteiger partial charge in [0.2, 0.25) is 0 Å². The highest BCUT2D eigenvalue weighted by atomic mass is 19.1. The fraction of sp³-hybridized carbons (Fsp3) is 0.474. The Labute approximate surface area is 148 Å². The van der Waals surface area contributed by atoms with Gasteiger partial charge in [-0.2, -0.15) is 0 Å². The molecule has 1 fully saturated rings. The number of nitrogens with one attached hydrogen (secondary N) is 1. The second-order valence-corrected chi connectivity index (χ2v) is 6.32. The number of rotatable bonds is 7. The Morgan fingerprint density at radius 1 is 1.04 bits per heavy atom. The molecule has 3 rings (SSSR count). The molecule has 0 unspecified atom stereocenters. The van der Waals surface area contributed by atoms with Gasteiger partial charge >= 0.3 is 0 Å². The summed E-state index contributed by atoms with van der Waals surface area (Å²) in [7, 11) is 0. The van der Waals surface area contributed by atoms with Gasteiger partial charge in [0.05, 0.1) is 5.69 Å². The third-order valence-corrected chi connectivity index (χ3v) is 4.54. The molecule has 0 spiro atoms. The summed E-state index contributed by atoms with van der Waals surface area (Å²) in [5.74, 6) is 1.65. The van der Waals surface area contributed by atoms with Crippen molar-refractivity contribution in [2.45, 2.75) is 26.2 Å². The second-order valence-electron chi connectivity index (χ2n) is 6.32. The lowest BCUT2D eigenvalue weighted by Gasteiger charge is -2.36. The maximum atomic E-state index is 13.9. The lowest BCUT2D eigenvalue weighted by molar-refractivity contribution is 0.596. The number of hydrogen-bond acceptors (Lipinski definition) is 5. The largest absolute Gasteiger partial charge is 0.370 e. The number of halogens is 1. The number of nitrogens with zero attached hydrogens (tertiary/aromatic N) is 4. The fourth-order valence-electron chi connectivity index (χ4n) is 3.09. The molecule has 1 N–H and O–H groups in total. The fourth-order valence-corrected chi connectivity index (χ4v) is 3.09. The molecular weight excluding hydrogens is 317 g/mol. The van der Waals surface area contributed by atoms with Gasteiger partial charge in [0.25, 0.3) is 0 Å². The Kier molecular flexibility index (Phi) is 6.04. The number of anilines is 3. The van der Waals surface area contributed by atoms with E-state index in [0.29, 0.717) is 5.69 Å². The Balaban J connectivity index is 1.56. The molecular formula is C19H26FN5. The number of unbranched alkanes of at least 4 members (excludes halogenated alkanes) is 2. The summed E-state index contributed by atoms with van der Waals surface area (Å²) >= 11 is 0. The molecule has 0 atom stereocenters. The zero-order chi connectivity index (χ0) is 17.5. The summed E-state index contributed by atoms with van der Waals surface area (Å²) < 4.78 is 13.9. The number of aromatic nitrogens is 2. The molecule has 1 aliphatic heterocycles. The number of piperazine rings is 1.